The molecule has 2 heterocycles. The van der Waals surface area contributed by atoms with Crippen molar-refractivity contribution in [2.24, 2.45) is 0 Å². The van der Waals surface area contributed by atoms with Crippen LogP contribution in [0.1, 0.15) is 6.92 Å². The number of nitrogens with zero attached hydrogens (tertiary/aromatic N) is 3. The molecule has 0 saturated carbocycles. The van der Waals surface area contributed by atoms with Crippen molar-refractivity contribution in [1.29, 1.82) is 0 Å². The molecule has 0 radical (unpaired) electrons. The normalized spacial score (nSPS) is 14.7. The van der Waals surface area contributed by atoms with Gasteiger partial charge in [0.25, 0.3) is 0 Å². The maximum absolute atomic E-state index is 12.7. The second-order valence-electron chi connectivity index (χ2n) is 6.59. The summed E-state index contributed by atoms with van der Waals surface area (Å²) in [5.41, 5.74) is 2.76. The lowest BCUT2D eigenvalue weighted by atomic mass is 10.1. The number of carbonyl (C=O) groups is 2. The number of halogens is 1. The van der Waals surface area contributed by atoms with Gasteiger partial charge in [-0.25, -0.2) is 9.78 Å². The average molecular weight is 427 g/mol. The van der Waals surface area contributed by atoms with Crippen molar-refractivity contribution >= 4 is 35.3 Å². The fourth-order valence-corrected chi connectivity index (χ4v) is 4.36. The largest absolute Gasteiger partial charge is 0.336 e. The van der Waals surface area contributed by atoms with Crippen LogP contribution in [0.25, 0.3) is 16.9 Å². The Morgan fingerprint density at radius 2 is 2.00 bits per heavy atom. The minimum Gasteiger partial charge on any atom is -0.336 e. The number of aromatic nitrogens is 2. The summed E-state index contributed by atoms with van der Waals surface area (Å²) in [6, 6.07) is 17.1. The number of carbonyl (C=O) groups excluding carboxylic acids is 2. The molecule has 8 heteroatoms. The van der Waals surface area contributed by atoms with Crippen LogP contribution in [-0.2, 0) is 4.79 Å². The van der Waals surface area contributed by atoms with E-state index in [1.165, 1.54) is 16.7 Å². The minimum atomic E-state index is -0.470. The molecule has 1 N–H and O–H groups in total. The highest BCUT2D eigenvalue weighted by Crippen LogP contribution is 2.33. The second kappa shape index (κ2) is 8.31. The Morgan fingerprint density at radius 1 is 1.21 bits per heavy atom. The van der Waals surface area contributed by atoms with Crippen molar-refractivity contribution in [2.45, 2.75) is 17.3 Å². The summed E-state index contributed by atoms with van der Waals surface area (Å²) in [6.07, 6.45) is 1.79. The third-order valence-electron chi connectivity index (χ3n) is 4.62. The van der Waals surface area contributed by atoms with Crippen LogP contribution in [0.3, 0.4) is 0 Å². The smallest absolute Gasteiger partial charge is 0.324 e. The Kier molecular flexibility index (Phi) is 5.60. The van der Waals surface area contributed by atoms with E-state index >= 15 is 0 Å². The minimum absolute atomic E-state index is 0.230. The number of hydrogen-bond acceptors (Lipinski definition) is 4. The van der Waals surface area contributed by atoms with Crippen molar-refractivity contribution in [2.75, 3.05) is 13.1 Å². The first-order valence-electron chi connectivity index (χ1n) is 9.19. The van der Waals surface area contributed by atoms with E-state index in [1.54, 1.807) is 13.1 Å². The molecule has 3 aromatic rings. The lowest BCUT2D eigenvalue weighted by Crippen LogP contribution is -2.39. The number of imide groups is 1. The molecular formula is C21H19ClN4O2S. The van der Waals surface area contributed by atoms with Gasteiger partial charge in [0.15, 0.2) is 5.16 Å². The summed E-state index contributed by atoms with van der Waals surface area (Å²) >= 11 is 7.55. The summed E-state index contributed by atoms with van der Waals surface area (Å²) in [5, 5.41) is 3.46. The third kappa shape index (κ3) is 4.02. The van der Waals surface area contributed by atoms with Crippen LogP contribution in [0.5, 0.6) is 0 Å². The van der Waals surface area contributed by atoms with E-state index in [0.29, 0.717) is 23.3 Å². The molecular weight excluding hydrogens is 408 g/mol. The van der Waals surface area contributed by atoms with E-state index in [-0.39, 0.29) is 11.9 Å². The summed E-state index contributed by atoms with van der Waals surface area (Å²) in [6.45, 7) is 2.66. The highest BCUT2D eigenvalue weighted by atomic mass is 35.5. The standard InChI is InChI=1S/C21H19ClN4O2S/c1-14(19(27)25-11-10-23-20(25)28)29-21-24-13-18(15-6-3-2-4-7-15)26(21)17-9-5-8-16(22)12-17/h2-9,12-14H,10-11H2,1H3,(H,23,28). The Balaban J connectivity index is 1.71. The lowest BCUT2D eigenvalue weighted by molar-refractivity contribution is -0.126. The number of amides is 3. The summed E-state index contributed by atoms with van der Waals surface area (Å²) in [7, 11) is 0. The van der Waals surface area contributed by atoms with Crippen molar-refractivity contribution in [1.82, 2.24) is 19.8 Å². The number of hydrogen-bond donors (Lipinski definition) is 1. The van der Waals surface area contributed by atoms with Crippen molar-refractivity contribution in [3.63, 3.8) is 0 Å². The lowest BCUT2D eigenvalue weighted by Gasteiger charge is -2.18. The molecule has 3 amide bonds. The van der Waals surface area contributed by atoms with E-state index in [9.17, 15) is 9.59 Å². The molecule has 1 aromatic heterocycles. The summed E-state index contributed by atoms with van der Waals surface area (Å²) < 4.78 is 1.99. The molecule has 1 aliphatic heterocycles. The van der Waals surface area contributed by atoms with Gasteiger partial charge in [-0.3, -0.25) is 14.3 Å². The van der Waals surface area contributed by atoms with Crippen LogP contribution in [0.4, 0.5) is 4.79 Å². The molecule has 29 heavy (non-hydrogen) atoms. The van der Waals surface area contributed by atoms with Gasteiger partial charge in [-0.2, -0.15) is 0 Å². The SMILES string of the molecule is CC(Sc1ncc(-c2ccccc2)n1-c1cccc(Cl)c1)C(=O)N1CCNC1=O. The Bertz CT molecular complexity index is 1050. The first-order chi connectivity index (χ1) is 14.0. The summed E-state index contributed by atoms with van der Waals surface area (Å²) in [5.74, 6) is -0.230. The van der Waals surface area contributed by atoms with Gasteiger partial charge < -0.3 is 5.32 Å². The third-order valence-corrected chi connectivity index (χ3v) is 5.91. The van der Waals surface area contributed by atoms with Crippen LogP contribution >= 0.6 is 23.4 Å². The maximum Gasteiger partial charge on any atom is 0.324 e. The first kappa shape index (κ1) is 19.5. The average Bonchev–Trinajstić information content (AvgIpc) is 3.34. The molecule has 4 rings (SSSR count). The Labute approximate surface area is 177 Å². The van der Waals surface area contributed by atoms with Gasteiger partial charge in [0.2, 0.25) is 5.91 Å². The van der Waals surface area contributed by atoms with Crippen LogP contribution < -0.4 is 5.32 Å². The number of imidazole rings is 1. The van der Waals surface area contributed by atoms with Gasteiger partial charge in [0.05, 0.1) is 17.1 Å². The molecule has 1 atom stereocenters. The van der Waals surface area contributed by atoms with E-state index in [0.717, 1.165) is 16.9 Å². The van der Waals surface area contributed by atoms with Crippen LogP contribution in [0.2, 0.25) is 5.02 Å². The predicted molar refractivity (Wildman–Crippen MR) is 114 cm³/mol. The van der Waals surface area contributed by atoms with Gasteiger partial charge in [-0.15, -0.1) is 0 Å². The highest BCUT2D eigenvalue weighted by Gasteiger charge is 2.31. The number of rotatable bonds is 5. The van der Waals surface area contributed by atoms with Gasteiger partial charge in [-0.1, -0.05) is 59.8 Å². The van der Waals surface area contributed by atoms with Crippen molar-refractivity contribution in [3.8, 4) is 16.9 Å². The fourth-order valence-electron chi connectivity index (χ4n) is 3.21. The molecule has 1 unspecified atom stereocenters. The number of nitrogens with one attached hydrogen (secondary N) is 1. The number of thioether (sulfide) groups is 1. The highest BCUT2D eigenvalue weighted by molar-refractivity contribution is 8.00. The van der Waals surface area contributed by atoms with Gasteiger partial charge in [0, 0.05) is 29.4 Å². The van der Waals surface area contributed by atoms with E-state index in [1.807, 2.05) is 59.2 Å². The second-order valence-corrected chi connectivity index (χ2v) is 8.33. The molecule has 2 aromatic carbocycles. The molecule has 1 aliphatic rings. The predicted octanol–water partition coefficient (Wildman–Crippen LogP) is 4.23. The zero-order chi connectivity index (χ0) is 20.4. The van der Waals surface area contributed by atoms with E-state index in [2.05, 4.69) is 10.3 Å². The Hall–Kier alpha value is -2.77. The number of benzene rings is 2. The molecule has 0 aliphatic carbocycles. The topological polar surface area (TPSA) is 67.2 Å². The fraction of sp³-hybridized carbons (Fsp3) is 0.190. The van der Waals surface area contributed by atoms with Crippen LogP contribution in [0.15, 0.2) is 66.0 Å². The van der Waals surface area contributed by atoms with E-state index in [4.69, 9.17) is 11.6 Å². The Morgan fingerprint density at radius 3 is 2.69 bits per heavy atom. The monoisotopic (exact) mass is 426 g/mol. The van der Waals surface area contributed by atoms with Crippen LogP contribution in [-0.4, -0.2) is 44.7 Å². The zero-order valence-electron chi connectivity index (χ0n) is 15.7. The molecule has 1 saturated heterocycles. The maximum atomic E-state index is 12.7. The number of urea groups is 1. The van der Waals surface area contributed by atoms with Crippen LogP contribution in [0, 0.1) is 0 Å². The molecule has 148 valence electrons. The molecule has 6 nitrogen and oxygen atoms in total. The molecule has 1 fully saturated rings. The van der Waals surface area contributed by atoms with Gasteiger partial charge in [0.1, 0.15) is 0 Å². The molecule has 0 bridgehead atoms. The van der Waals surface area contributed by atoms with Crippen molar-refractivity contribution < 1.29 is 9.59 Å². The quantitative estimate of drug-likeness (QED) is 0.620. The zero-order valence-corrected chi connectivity index (χ0v) is 17.3. The molecule has 0 spiro atoms. The van der Waals surface area contributed by atoms with Crippen molar-refractivity contribution in [3.05, 3.63) is 65.8 Å². The summed E-state index contributed by atoms with van der Waals surface area (Å²) in [4.78, 5) is 30.4. The van der Waals surface area contributed by atoms with Gasteiger partial charge in [-0.05, 0) is 25.1 Å². The van der Waals surface area contributed by atoms with Gasteiger partial charge >= 0.3 is 6.03 Å². The first-order valence-corrected chi connectivity index (χ1v) is 10.5. The van der Waals surface area contributed by atoms with E-state index < -0.39 is 5.25 Å².